The van der Waals surface area contributed by atoms with E-state index in [9.17, 15) is 17.6 Å². The Hall–Kier alpha value is -2.25. The Morgan fingerprint density at radius 3 is 2.38 bits per heavy atom. The second kappa shape index (κ2) is 9.05. The average molecular weight is 419 g/mol. The maximum Gasteiger partial charge on any atom is 0.243 e. The van der Waals surface area contributed by atoms with Gasteiger partial charge in [-0.2, -0.15) is 4.31 Å². The highest BCUT2D eigenvalue weighted by Crippen LogP contribution is 2.29. The molecule has 0 saturated carbocycles. The molecule has 1 N–H and O–H groups in total. The minimum absolute atomic E-state index is 0.0698. The molecule has 1 fully saturated rings. The lowest BCUT2D eigenvalue weighted by Crippen LogP contribution is -2.41. The van der Waals surface area contributed by atoms with Crippen molar-refractivity contribution in [2.45, 2.75) is 43.9 Å². The van der Waals surface area contributed by atoms with Gasteiger partial charge in [-0.05, 0) is 61.1 Å². The van der Waals surface area contributed by atoms with Gasteiger partial charge in [-0.25, -0.2) is 12.8 Å². The zero-order valence-electron chi connectivity index (χ0n) is 16.8. The fourth-order valence-corrected chi connectivity index (χ4v) is 5.08. The number of sulfonamides is 1. The normalized spacial score (nSPS) is 17.1. The third-order valence-electron chi connectivity index (χ3n) is 5.64. The number of carbonyl (C=O) groups is 1. The molecule has 0 aliphatic carbocycles. The van der Waals surface area contributed by atoms with E-state index in [0.717, 1.165) is 29.8 Å². The number of para-hydroxylation sites is 1. The summed E-state index contributed by atoms with van der Waals surface area (Å²) in [5, 5.41) is 3.04. The van der Waals surface area contributed by atoms with Crippen molar-refractivity contribution in [2.24, 2.45) is 5.92 Å². The lowest BCUT2D eigenvalue weighted by Gasteiger charge is -2.30. The second-order valence-electron chi connectivity index (χ2n) is 7.52. The van der Waals surface area contributed by atoms with Gasteiger partial charge in [0.15, 0.2) is 0 Å². The number of benzene rings is 2. The smallest absolute Gasteiger partial charge is 0.243 e. The number of piperidine rings is 1. The third-order valence-corrected chi connectivity index (χ3v) is 7.55. The Kier molecular flexibility index (Phi) is 6.70. The van der Waals surface area contributed by atoms with E-state index in [1.165, 1.54) is 16.4 Å². The zero-order chi connectivity index (χ0) is 21.0. The third kappa shape index (κ3) is 4.85. The SMILES string of the molecule is CC[C@H](C)c1ccccc1NC(=O)C1CCN(S(=O)(=O)c2ccc(F)cc2)CC1. The van der Waals surface area contributed by atoms with Crippen molar-refractivity contribution < 1.29 is 17.6 Å². The molecule has 1 saturated heterocycles. The Morgan fingerprint density at radius 1 is 1.14 bits per heavy atom. The summed E-state index contributed by atoms with van der Waals surface area (Å²) >= 11 is 0. The molecular formula is C22H27FN2O3S. The van der Waals surface area contributed by atoms with E-state index in [1.54, 1.807) is 0 Å². The lowest BCUT2D eigenvalue weighted by molar-refractivity contribution is -0.120. The van der Waals surface area contributed by atoms with Gasteiger partial charge in [0.05, 0.1) is 4.90 Å². The summed E-state index contributed by atoms with van der Waals surface area (Å²) in [4.78, 5) is 12.8. The van der Waals surface area contributed by atoms with Gasteiger partial charge < -0.3 is 5.32 Å². The van der Waals surface area contributed by atoms with Crippen molar-refractivity contribution in [3.05, 3.63) is 59.9 Å². The Bertz CT molecular complexity index is 952. The molecule has 1 heterocycles. The van der Waals surface area contributed by atoms with E-state index >= 15 is 0 Å². The Morgan fingerprint density at radius 2 is 1.76 bits per heavy atom. The molecule has 1 aliphatic heterocycles. The highest BCUT2D eigenvalue weighted by Gasteiger charge is 2.32. The molecule has 0 radical (unpaired) electrons. The van der Waals surface area contributed by atoms with Gasteiger partial charge in [0.2, 0.25) is 15.9 Å². The van der Waals surface area contributed by atoms with E-state index in [1.807, 2.05) is 24.3 Å². The van der Waals surface area contributed by atoms with Gasteiger partial charge in [0.25, 0.3) is 0 Å². The molecule has 5 nitrogen and oxygen atoms in total. The summed E-state index contributed by atoms with van der Waals surface area (Å²) in [6.45, 7) is 4.78. The highest BCUT2D eigenvalue weighted by molar-refractivity contribution is 7.89. The number of hydrogen-bond donors (Lipinski definition) is 1. The van der Waals surface area contributed by atoms with E-state index in [-0.39, 0.29) is 29.8 Å². The minimum Gasteiger partial charge on any atom is -0.326 e. The number of hydrogen-bond acceptors (Lipinski definition) is 3. The Labute approximate surface area is 172 Å². The van der Waals surface area contributed by atoms with Gasteiger partial charge in [-0.3, -0.25) is 4.79 Å². The zero-order valence-corrected chi connectivity index (χ0v) is 17.6. The van der Waals surface area contributed by atoms with Crippen LogP contribution in [0.25, 0.3) is 0 Å². The fraction of sp³-hybridized carbons (Fsp3) is 0.409. The number of anilines is 1. The van der Waals surface area contributed by atoms with E-state index in [0.29, 0.717) is 18.8 Å². The number of nitrogens with one attached hydrogen (secondary N) is 1. The van der Waals surface area contributed by atoms with Crippen LogP contribution in [0.1, 0.15) is 44.6 Å². The molecule has 0 bridgehead atoms. The number of nitrogens with zero attached hydrogens (tertiary/aromatic N) is 1. The monoisotopic (exact) mass is 418 g/mol. The quantitative estimate of drug-likeness (QED) is 0.757. The van der Waals surface area contributed by atoms with Crippen molar-refractivity contribution >= 4 is 21.6 Å². The van der Waals surface area contributed by atoms with Gasteiger partial charge in [-0.1, -0.05) is 32.0 Å². The molecule has 0 aromatic heterocycles. The first kappa shape index (κ1) is 21.5. The molecule has 156 valence electrons. The second-order valence-corrected chi connectivity index (χ2v) is 9.46. The van der Waals surface area contributed by atoms with Crippen molar-refractivity contribution in [1.82, 2.24) is 4.31 Å². The van der Waals surface area contributed by atoms with Crippen LogP contribution in [0.5, 0.6) is 0 Å². The van der Waals surface area contributed by atoms with E-state index in [4.69, 9.17) is 0 Å². The Balaban J connectivity index is 1.64. The number of halogens is 1. The molecule has 2 aromatic carbocycles. The number of rotatable bonds is 6. The van der Waals surface area contributed by atoms with Crippen LogP contribution >= 0.6 is 0 Å². The maximum atomic E-state index is 13.1. The van der Waals surface area contributed by atoms with Crippen LogP contribution in [0.2, 0.25) is 0 Å². The first-order chi connectivity index (χ1) is 13.8. The summed E-state index contributed by atoms with van der Waals surface area (Å²) in [5.74, 6) is -0.439. The molecular weight excluding hydrogens is 391 g/mol. The summed E-state index contributed by atoms with van der Waals surface area (Å²) in [5.41, 5.74) is 1.94. The average Bonchev–Trinajstić information content (AvgIpc) is 2.74. The number of amides is 1. The van der Waals surface area contributed by atoms with Gasteiger partial charge in [0, 0.05) is 24.7 Å². The standard InChI is InChI=1S/C22H27FN2O3S/c1-3-16(2)20-6-4-5-7-21(20)24-22(26)17-12-14-25(15-13-17)29(27,28)19-10-8-18(23)9-11-19/h4-11,16-17H,3,12-15H2,1-2H3,(H,24,26)/t16-/m0/s1. The molecule has 1 amide bonds. The molecule has 29 heavy (non-hydrogen) atoms. The summed E-state index contributed by atoms with van der Waals surface area (Å²) in [6, 6.07) is 12.6. The molecule has 3 rings (SSSR count). The molecule has 1 aliphatic rings. The predicted molar refractivity (Wildman–Crippen MR) is 112 cm³/mol. The van der Waals surface area contributed by atoms with Crippen LogP contribution in [0, 0.1) is 11.7 Å². The van der Waals surface area contributed by atoms with Gasteiger partial charge in [-0.15, -0.1) is 0 Å². The largest absolute Gasteiger partial charge is 0.326 e. The highest BCUT2D eigenvalue weighted by atomic mass is 32.2. The molecule has 1 atom stereocenters. The summed E-state index contributed by atoms with van der Waals surface area (Å²) in [7, 11) is -3.67. The van der Waals surface area contributed by atoms with Crippen LogP contribution in [0.15, 0.2) is 53.4 Å². The van der Waals surface area contributed by atoms with Crippen molar-refractivity contribution in [3.63, 3.8) is 0 Å². The first-order valence-electron chi connectivity index (χ1n) is 9.98. The van der Waals surface area contributed by atoms with Crippen LogP contribution in [0.4, 0.5) is 10.1 Å². The molecule has 7 heteroatoms. The van der Waals surface area contributed by atoms with Crippen molar-refractivity contribution in [3.8, 4) is 0 Å². The van der Waals surface area contributed by atoms with Crippen LogP contribution < -0.4 is 5.32 Å². The first-order valence-corrected chi connectivity index (χ1v) is 11.4. The van der Waals surface area contributed by atoms with Crippen molar-refractivity contribution in [2.75, 3.05) is 18.4 Å². The lowest BCUT2D eigenvalue weighted by atomic mass is 9.94. The van der Waals surface area contributed by atoms with Crippen LogP contribution in [0.3, 0.4) is 0 Å². The maximum absolute atomic E-state index is 13.1. The summed E-state index contributed by atoms with van der Waals surface area (Å²) < 4.78 is 39.9. The number of carbonyl (C=O) groups excluding carboxylic acids is 1. The van der Waals surface area contributed by atoms with Crippen LogP contribution in [-0.4, -0.2) is 31.7 Å². The van der Waals surface area contributed by atoms with Crippen molar-refractivity contribution in [1.29, 1.82) is 0 Å². The van der Waals surface area contributed by atoms with Gasteiger partial charge in [0.1, 0.15) is 5.82 Å². The molecule has 0 spiro atoms. The summed E-state index contributed by atoms with van der Waals surface area (Å²) in [6.07, 6.45) is 1.89. The minimum atomic E-state index is -3.67. The molecule has 2 aromatic rings. The van der Waals surface area contributed by atoms with E-state index in [2.05, 4.69) is 19.2 Å². The predicted octanol–water partition coefficient (Wildman–Crippen LogP) is 4.38. The van der Waals surface area contributed by atoms with E-state index < -0.39 is 15.8 Å². The molecule has 0 unspecified atom stereocenters. The van der Waals surface area contributed by atoms with Crippen LogP contribution in [-0.2, 0) is 14.8 Å². The topological polar surface area (TPSA) is 66.5 Å². The fourth-order valence-electron chi connectivity index (χ4n) is 3.61. The van der Waals surface area contributed by atoms with Gasteiger partial charge >= 0.3 is 0 Å².